The van der Waals surface area contributed by atoms with Crippen molar-refractivity contribution < 1.29 is 14.3 Å². The summed E-state index contributed by atoms with van der Waals surface area (Å²) >= 11 is 0. The number of alkyl carbamates (subject to hydrolysis) is 1. The highest BCUT2D eigenvalue weighted by Crippen LogP contribution is 2.11. The molecule has 0 aromatic rings. The summed E-state index contributed by atoms with van der Waals surface area (Å²) in [5.41, 5.74) is 4.67. The molecule has 0 aliphatic carbocycles. The molecule has 0 unspecified atom stereocenters. The van der Waals surface area contributed by atoms with Gasteiger partial charge in [-0.05, 0) is 40.2 Å². The minimum Gasteiger partial charge on any atom is -0.444 e. The molecule has 1 rings (SSSR count). The van der Waals surface area contributed by atoms with Gasteiger partial charge in [0.1, 0.15) is 5.60 Å². The molecule has 1 aliphatic rings. The molecule has 0 aromatic carbocycles. The summed E-state index contributed by atoms with van der Waals surface area (Å²) in [5.74, 6) is -0.340. The molecule has 1 aliphatic heterocycles. The molecule has 0 bridgehead atoms. The number of nitrogens with one attached hydrogen (secondary N) is 1. The van der Waals surface area contributed by atoms with Crippen LogP contribution in [0, 0.1) is 0 Å². The van der Waals surface area contributed by atoms with Crippen LogP contribution < -0.4 is 11.1 Å². The fraction of sp³-hybridized carbons (Fsp3) is 0.833. The molecule has 1 fully saturated rings. The molecule has 6 nitrogen and oxygen atoms in total. The minimum atomic E-state index is -0.494. The van der Waals surface area contributed by atoms with Crippen molar-refractivity contribution in [3.8, 4) is 0 Å². The number of likely N-dealkylation sites (tertiary alicyclic amines) is 1. The van der Waals surface area contributed by atoms with Crippen molar-refractivity contribution in [3.63, 3.8) is 0 Å². The van der Waals surface area contributed by atoms with Crippen LogP contribution in [0.4, 0.5) is 4.79 Å². The van der Waals surface area contributed by atoms with Crippen molar-refractivity contribution in [3.05, 3.63) is 0 Å². The minimum absolute atomic E-state index is 0.0212. The Morgan fingerprint density at radius 1 is 1.44 bits per heavy atom. The number of amides is 2. The Balaban J connectivity index is 2.38. The number of hydrogen-bond acceptors (Lipinski definition) is 4. The number of piperidine rings is 1. The zero-order valence-electron chi connectivity index (χ0n) is 11.4. The van der Waals surface area contributed by atoms with E-state index in [2.05, 4.69) is 5.32 Å². The van der Waals surface area contributed by atoms with Crippen LogP contribution in [-0.4, -0.2) is 48.2 Å². The lowest BCUT2D eigenvalue weighted by atomic mass is 10.1. The summed E-state index contributed by atoms with van der Waals surface area (Å²) in [5, 5.41) is 2.82. The maximum absolute atomic E-state index is 11.6. The van der Waals surface area contributed by atoms with Gasteiger partial charge in [0.05, 0.1) is 6.54 Å². The van der Waals surface area contributed by atoms with Gasteiger partial charge < -0.3 is 15.8 Å². The van der Waals surface area contributed by atoms with Crippen molar-refractivity contribution >= 4 is 12.0 Å². The van der Waals surface area contributed by atoms with E-state index >= 15 is 0 Å². The number of rotatable bonds is 3. The molecule has 0 spiro atoms. The molecule has 3 N–H and O–H groups in total. The van der Waals surface area contributed by atoms with E-state index in [4.69, 9.17) is 10.5 Å². The summed E-state index contributed by atoms with van der Waals surface area (Å²) in [4.78, 5) is 24.4. The molecule has 0 radical (unpaired) electrons. The highest BCUT2D eigenvalue weighted by molar-refractivity contribution is 5.76. The molecular weight excluding hydrogens is 234 g/mol. The second kappa shape index (κ2) is 6.04. The van der Waals surface area contributed by atoms with E-state index in [1.165, 1.54) is 0 Å². The first-order valence-electron chi connectivity index (χ1n) is 6.26. The van der Waals surface area contributed by atoms with E-state index in [0.717, 1.165) is 19.4 Å². The second-order valence-electron chi connectivity index (χ2n) is 5.69. The first-order chi connectivity index (χ1) is 8.26. The Morgan fingerprint density at radius 2 is 2.11 bits per heavy atom. The third-order valence-corrected chi connectivity index (χ3v) is 2.61. The van der Waals surface area contributed by atoms with E-state index in [1.54, 1.807) is 0 Å². The quantitative estimate of drug-likeness (QED) is 0.769. The highest BCUT2D eigenvalue weighted by atomic mass is 16.6. The van der Waals surface area contributed by atoms with Crippen LogP contribution in [0.5, 0.6) is 0 Å². The molecular formula is C12H23N3O3. The van der Waals surface area contributed by atoms with E-state index in [-0.39, 0.29) is 18.5 Å². The molecule has 6 heteroatoms. The van der Waals surface area contributed by atoms with Gasteiger partial charge in [0.2, 0.25) is 5.91 Å². The molecule has 1 saturated heterocycles. The number of carbonyl (C=O) groups excluding carboxylic acids is 2. The molecule has 104 valence electrons. The lowest BCUT2D eigenvalue weighted by Crippen LogP contribution is -2.50. The lowest BCUT2D eigenvalue weighted by Gasteiger charge is -2.32. The van der Waals surface area contributed by atoms with Gasteiger partial charge in [0.15, 0.2) is 0 Å². The maximum Gasteiger partial charge on any atom is 0.407 e. The van der Waals surface area contributed by atoms with Crippen LogP contribution in [0.1, 0.15) is 33.6 Å². The zero-order chi connectivity index (χ0) is 13.8. The number of hydrogen-bond donors (Lipinski definition) is 2. The van der Waals surface area contributed by atoms with Gasteiger partial charge in [-0.25, -0.2) is 4.79 Å². The first kappa shape index (κ1) is 14.8. The Kier molecular flexibility index (Phi) is 4.95. The van der Waals surface area contributed by atoms with Crippen molar-refractivity contribution in [1.29, 1.82) is 0 Å². The van der Waals surface area contributed by atoms with E-state index in [9.17, 15) is 9.59 Å². The Morgan fingerprint density at radius 3 is 2.67 bits per heavy atom. The van der Waals surface area contributed by atoms with E-state index < -0.39 is 11.7 Å². The number of nitrogens with two attached hydrogens (primary N) is 1. The number of nitrogens with zero attached hydrogens (tertiary/aromatic N) is 1. The SMILES string of the molecule is CC(C)(C)OC(=O)N[C@@H]1CCCN(CC(N)=O)C1. The number of ether oxygens (including phenoxy) is 1. The van der Waals surface area contributed by atoms with Crippen LogP contribution in [0.2, 0.25) is 0 Å². The maximum atomic E-state index is 11.6. The highest BCUT2D eigenvalue weighted by Gasteiger charge is 2.24. The smallest absolute Gasteiger partial charge is 0.407 e. The molecule has 0 saturated carbocycles. The normalized spacial score (nSPS) is 21.4. The summed E-state index contributed by atoms with van der Waals surface area (Å²) in [7, 11) is 0. The van der Waals surface area contributed by atoms with Gasteiger partial charge in [0, 0.05) is 12.6 Å². The van der Waals surface area contributed by atoms with Gasteiger partial charge in [-0.15, -0.1) is 0 Å². The van der Waals surface area contributed by atoms with Crippen LogP contribution in [0.15, 0.2) is 0 Å². The third kappa shape index (κ3) is 5.86. The average molecular weight is 257 g/mol. The molecule has 0 aromatic heterocycles. The second-order valence-corrected chi connectivity index (χ2v) is 5.69. The predicted molar refractivity (Wildman–Crippen MR) is 68.0 cm³/mol. The molecule has 18 heavy (non-hydrogen) atoms. The Hall–Kier alpha value is -1.30. The largest absolute Gasteiger partial charge is 0.444 e. The van der Waals surface area contributed by atoms with E-state index in [0.29, 0.717) is 6.54 Å². The van der Waals surface area contributed by atoms with Crippen molar-refractivity contribution in [1.82, 2.24) is 10.2 Å². The van der Waals surface area contributed by atoms with E-state index in [1.807, 2.05) is 25.7 Å². The van der Waals surface area contributed by atoms with Crippen molar-refractivity contribution in [2.24, 2.45) is 5.73 Å². The summed E-state index contributed by atoms with van der Waals surface area (Å²) in [6.07, 6.45) is 1.43. The predicted octanol–water partition coefficient (Wildman–Crippen LogP) is 0.461. The van der Waals surface area contributed by atoms with Crippen LogP contribution in [-0.2, 0) is 9.53 Å². The standard InChI is InChI=1S/C12H23N3O3/c1-12(2,3)18-11(17)14-9-5-4-6-15(7-9)8-10(13)16/h9H,4-8H2,1-3H3,(H2,13,16)(H,14,17)/t9-/m1/s1. The summed E-state index contributed by atoms with van der Waals surface area (Å²) in [6.45, 7) is 7.21. The van der Waals surface area contributed by atoms with Crippen LogP contribution in [0.3, 0.4) is 0 Å². The lowest BCUT2D eigenvalue weighted by molar-refractivity contribution is -0.119. The Labute approximate surface area is 108 Å². The third-order valence-electron chi connectivity index (χ3n) is 2.61. The van der Waals surface area contributed by atoms with Crippen LogP contribution >= 0.6 is 0 Å². The molecule has 1 heterocycles. The topological polar surface area (TPSA) is 84.7 Å². The fourth-order valence-electron chi connectivity index (χ4n) is 2.01. The monoisotopic (exact) mass is 257 g/mol. The molecule has 2 amide bonds. The van der Waals surface area contributed by atoms with Gasteiger partial charge >= 0.3 is 6.09 Å². The number of primary amides is 1. The summed E-state index contributed by atoms with van der Waals surface area (Å²) in [6, 6.07) is 0.0212. The van der Waals surface area contributed by atoms with Gasteiger partial charge in [-0.1, -0.05) is 0 Å². The number of carbonyl (C=O) groups is 2. The average Bonchev–Trinajstić information content (AvgIpc) is 2.13. The zero-order valence-corrected chi connectivity index (χ0v) is 11.4. The van der Waals surface area contributed by atoms with Gasteiger partial charge in [-0.3, -0.25) is 9.69 Å². The van der Waals surface area contributed by atoms with Crippen molar-refractivity contribution in [2.45, 2.75) is 45.3 Å². The summed E-state index contributed by atoms with van der Waals surface area (Å²) < 4.78 is 5.20. The van der Waals surface area contributed by atoms with Crippen molar-refractivity contribution in [2.75, 3.05) is 19.6 Å². The molecule has 1 atom stereocenters. The van der Waals surface area contributed by atoms with Gasteiger partial charge in [-0.2, -0.15) is 0 Å². The fourth-order valence-corrected chi connectivity index (χ4v) is 2.01. The van der Waals surface area contributed by atoms with Crippen LogP contribution in [0.25, 0.3) is 0 Å². The Bertz CT molecular complexity index is 312. The van der Waals surface area contributed by atoms with Gasteiger partial charge in [0.25, 0.3) is 0 Å². The first-order valence-corrected chi connectivity index (χ1v) is 6.26.